The Morgan fingerprint density at radius 3 is 2.90 bits per heavy atom. The molecule has 1 aliphatic rings. The number of sulfonamides is 1. The Balaban J connectivity index is 2.00. The van der Waals surface area contributed by atoms with Gasteiger partial charge in [0.25, 0.3) is 10.0 Å². The minimum absolute atomic E-state index is 0.0903. The van der Waals surface area contributed by atoms with Gasteiger partial charge in [-0.2, -0.15) is 4.31 Å². The molecule has 0 spiro atoms. The summed E-state index contributed by atoms with van der Waals surface area (Å²) < 4.78 is 25.9. The standard InChI is InChI=1S/C13H20N2O3S2/c1-11-5-3-7-15(9-11)12(16)10-14(2)20(17,18)13-6-4-8-19-13/h4,6,8,11H,3,5,7,9-10H2,1-2H3/t11-/m1/s1. The van der Waals surface area contributed by atoms with Crippen LogP contribution in [0.4, 0.5) is 0 Å². The van der Waals surface area contributed by atoms with Crippen molar-refractivity contribution >= 4 is 27.3 Å². The van der Waals surface area contributed by atoms with E-state index in [0.717, 1.165) is 30.2 Å². The van der Waals surface area contributed by atoms with E-state index in [0.29, 0.717) is 5.92 Å². The molecule has 1 aliphatic heterocycles. The highest BCUT2D eigenvalue weighted by Gasteiger charge is 2.27. The minimum Gasteiger partial charge on any atom is -0.341 e. The number of likely N-dealkylation sites (tertiary alicyclic amines) is 1. The Morgan fingerprint density at radius 1 is 1.55 bits per heavy atom. The van der Waals surface area contributed by atoms with Gasteiger partial charge >= 0.3 is 0 Å². The molecular weight excluding hydrogens is 296 g/mol. The first-order chi connectivity index (χ1) is 9.41. The molecule has 0 unspecified atom stereocenters. The van der Waals surface area contributed by atoms with E-state index in [4.69, 9.17) is 0 Å². The van der Waals surface area contributed by atoms with Crippen molar-refractivity contribution in [3.63, 3.8) is 0 Å². The summed E-state index contributed by atoms with van der Waals surface area (Å²) in [5.74, 6) is 0.381. The molecule has 0 aliphatic carbocycles. The lowest BCUT2D eigenvalue weighted by molar-refractivity contribution is -0.132. The average molecular weight is 316 g/mol. The quantitative estimate of drug-likeness (QED) is 0.848. The third-order valence-electron chi connectivity index (χ3n) is 3.53. The van der Waals surface area contributed by atoms with Gasteiger partial charge in [-0.05, 0) is 30.2 Å². The van der Waals surface area contributed by atoms with Crippen molar-refractivity contribution in [1.29, 1.82) is 0 Å². The third kappa shape index (κ3) is 3.39. The molecule has 7 heteroatoms. The highest BCUT2D eigenvalue weighted by Crippen LogP contribution is 2.20. The maximum atomic E-state index is 12.2. The molecule has 1 aromatic rings. The van der Waals surface area contributed by atoms with Crippen LogP contribution < -0.4 is 0 Å². The van der Waals surface area contributed by atoms with E-state index < -0.39 is 10.0 Å². The number of likely N-dealkylation sites (N-methyl/N-ethyl adjacent to an activating group) is 1. The number of hydrogen-bond donors (Lipinski definition) is 0. The van der Waals surface area contributed by atoms with Crippen molar-refractivity contribution < 1.29 is 13.2 Å². The predicted molar refractivity (Wildman–Crippen MR) is 79.1 cm³/mol. The van der Waals surface area contributed by atoms with Gasteiger partial charge < -0.3 is 4.90 Å². The number of nitrogens with zero attached hydrogens (tertiary/aromatic N) is 2. The van der Waals surface area contributed by atoms with Crippen molar-refractivity contribution in [3.05, 3.63) is 17.5 Å². The summed E-state index contributed by atoms with van der Waals surface area (Å²) in [5.41, 5.74) is 0. The number of amides is 1. The summed E-state index contributed by atoms with van der Waals surface area (Å²) in [6.45, 7) is 3.49. The average Bonchev–Trinajstić information content (AvgIpc) is 2.93. The molecule has 1 fully saturated rings. The molecule has 1 aromatic heterocycles. The topological polar surface area (TPSA) is 57.7 Å². The molecule has 2 rings (SSSR count). The van der Waals surface area contributed by atoms with Gasteiger partial charge in [-0.25, -0.2) is 8.42 Å². The highest BCUT2D eigenvalue weighted by molar-refractivity contribution is 7.91. The Morgan fingerprint density at radius 2 is 2.30 bits per heavy atom. The lowest BCUT2D eigenvalue weighted by atomic mass is 10.0. The largest absolute Gasteiger partial charge is 0.341 e. The zero-order valence-electron chi connectivity index (χ0n) is 11.8. The molecular formula is C13H20N2O3S2. The van der Waals surface area contributed by atoms with Crippen LogP contribution in [0, 0.1) is 5.92 Å². The van der Waals surface area contributed by atoms with E-state index in [9.17, 15) is 13.2 Å². The number of hydrogen-bond acceptors (Lipinski definition) is 4. The molecule has 1 saturated heterocycles. The van der Waals surface area contributed by atoms with Crippen LogP contribution in [0.1, 0.15) is 19.8 Å². The minimum atomic E-state index is -3.54. The monoisotopic (exact) mass is 316 g/mol. The van der Waals surface area contributed by atoms with E-state index in [-0.39, 0.29) is 16.7 Å². The molecule has 0 radical (unpaired) electrons. The van der Waals surface area contributed by atoms with Crippen LogP contribution in [0.5, 0.6) is 0 Å². The summed E-state index contributed by atoms with van der Waals surface area (Å²) in [5, 5.41) is 1.72. The van der Waals surface area contributed by atoms with Gasteiger partial charge in [-0.1, -0.05) is 13.0 Å². The van der Waals surface area contributed by atoms with Gasteiger partial charge in [0.1, 0.15) is 4.21 Å². The van der Waals surface area contributed by atoms with E-state index in [1.54, 1.807) is 22.4 Å². The molecule has 1 atom stereocenters. The fourth-order valence-corrected chi connectivity index (χ4v) is 4.68. The van der Waals surface area contributed by atoms with Crippen molar-refractivity contribution in [2.75, 3.05) is 26.7 Å². The zero-order valence-corrected chi connectivity index (χ0v) is 13.4. The smallest absolute Gasteiger partial charge is 0.252 e. The van der Waals surface area contributed by atoms with E-state index in [1.165, 1.54) is 18.4 Å². The van der Waals surface area contributed by atoms with Crippen molar-refractivity contribution in [3.8, 4) is 0 Å². The van der Waals surface area contributed by atoms with Crippen molar-refractivity contribution in [2.24, 2.45) is 5.92 Å². The molecule has 20 heavy (non-hydrogen) atoms. The first-order valence-electron chi connectivity index (χ1n) is 6.69. The number of piperidine rings is 1. The summed E-state index contributed by atoms with van der Waals surface area (Å²) in [4.78, 5) is 14.0. The van der Waals surface area contributed by atoms with Gasteiger partial charge in [0, 0.05) is 20.1 Å². The van der Waals surface area contributed by atoms with Crippen LogP contribution >= 0.6 is 11.3 Å². The normalized spacial score (nSPS) is 20.4. The molecule has 0 N–H and O–H groups in total. The van der Waals surface area contributed by atoms with E-state index in [2.05, 4.69) is 6.92 Å². The second-order valence-electron chi connectivity index (χ2n) is 5.28. The Hall–Kier alpha value is -0.920. The highest BCUT2D eigenvalue weighted by atomic mass is 32.2. The molecule has 0 saturated carbocycles. The zero-order chi connectivity index (χ0) is 14.8. The van der Waals surface area contributed by atoms with Gasteiger partial charge in [0.05, 0.1) is 6.54 Å². The van der Waals surface area contributed by atoms with Crippen LogP contribution in [0.2, 0.25) is 0 Å². The maximum absolute atomic E-state index is 12.2. The van der Waals surface area contributed by atoms with Crippen LogP contribution in [0.3, 0.4) is 0 Å². The van der Waals surface area contributed by atoms with Gasteiger partial charge in [-0.3, -0.25) is 4.79 Å². The van der Waals surface area contributed by atoms with Gasteiger partial charge in [0.2, 0.25) is 5.91 Å². The van der Waals surface area contributed by atoms with E-state index in [1.807, 2.05) is 0 Å². The number of carbonyl (C=O) groups excluding carboxylic acids is 1. The maximum Gasteiger partial charge on any atom is 0.252 e. The third-order valence-corrected chi connectivity index (χ3v) is 6.70. The molecule has 1 amide bonds. The number of thiophene rings is 1. The lowest BCUT2D eigenvalue weighted by Crippen LogP contribution is -2.45. The van der Waals surface area contributed by atoms with Crippen LogP contribution in [0.25, 0.3) is 0 Å². The Labute approximate surface area is 124 Å². The van der Waals surface area contributed by atoms with Crippen molar-refractivity contribution in [1.82, 2.24) is 9.21 Å². The Bertz CT molecular complexity index is 554. The summed E-state index contributed by atoms with van der Waals surface area (Å²) >= 11 is 1.17. The van der Waals surface area contributed by atoms with Crippen molar-refractivity contribution in [2.45, 2.75) is 24.0 Å². The van der Waals surface area contributed by atoms with Crippen LogP contribution in [-0.4, -0.2) is 50.2 Å². The fourth-order valence-electron chi connectivity index (χ4n) is 2.36. The van der Waals surface area contributed by atoms with Crippen LogP contribution in [-0.2, 0) is 14.8 Å². The molecule has 5 nitrogen and oxygen atoms in total. The second-order valence-corrected chi connectivity index (χ2v) is 8.50. The molecule has 112 valence electrons. The molecule has 0 aromatic carbocycles. The van der Waals surface area contributed by atoms with Gasteiger partial charge in [0.15, 0.2) is 0 Å². The lowest BCUT2D eigenvalue weighted by Gasteiger charge is -2.32. The summed E-state index contributed by atoms with van der Waals surface area (Å²) in [6.07, 6.45) is 2.13. The van der Waals surface area contributed by atoms with Gasteiger partial charge in [-0.15, -0.1) is 11.3 Å². The molecule has 2 heterocycles. The molecule has 0 bridgehead atoms. The first kappa shape index (κ1) is 15.5. The van der Waals surface area contributed by atoms with E-state index >= 15 is 0 Å². The SMILES string of the molecule is C[C@@H]1CCCN(C(=O)CN(C)S(=O)(=O)c2cccs2)C1. The fraction of sp³-hybridized carbons (Fsp3) is 0.615. The summed E-state index contributed by atoms with van der Waals surface area (Å²) in [6, 6.07) is 3.25. The predicted octanol–water partition coefficient (Wildman–Crippen LogP) is 1.63. The van der Waals surface area contributed by atoms with Crippen LogP contribution in [0.15, 0.2) is 21.7 Å². The second kappa shape index (κ2) is 6.24. The summed E-state index contributed by atoms with van der Waals surface area (Å²) in [7, 11) is -2.08. The first-order valence-corrected chi connectivity index (χ1v) is 9.01. The number of carbonyl (C=O) groups is 1. The number of rotatable bonds is 4. The Kier molecular flexibility index (Phi) is 4.82.